The molecular weight excluding hydrogens is 300 g/mol. The molecule has 0 saturated carbocycles. The van der Waals surface area contributed by atoms with E-state index >= 15 is 0 Å². The van der Waals surface area contributed by atoms with E-state index < -0.39 is 0 Å². The van der Waals surface area contributed by atoms with E-state index in [4.69, 9.17) is 11.6 Å². The molecule has 0 aromatic carbocycles. The first-order valence-electron chi connectivity index (χ1n) is 8.31. The van der Waals surface area contributed by atoms with Crippen molar-refractivity contribution in [2.24, 2.45) is 11.8 Å². The zero-order valence-electron chi connectivity index (χ0n) is 13.2. The van der Waals surface area contributed by atoms with Crippen LogP contribution in [0.5, 0.6) is 0 Å². The first-order chi connectivity index (χ1) is 10.6. The second kappa shape index (κ2) is 7.01. The molecule has 5 nitrogen and oxygen atoms in total. The minimum atomic E-state index is 0.211. The maximum absolute atomic E-state index is 12.6. The van der Waals surface area contributed by atoms with Crippen molar-refractivity contribution in [1.82, 2.24) is 19.6 Å². The largest absolute Gasteiger partial charge is 0.342 e. The summed E-state index contributed by atoms with van der Waals surface area (Å²) in [5.74, 6) is 1.25. The van der Waals surface area contributed by atoms with Gasteiger partial charge >= 0.3 is 0 Å². The summed E-state index contributed by atoms with van der Waals surface area (Å²) < 4.78 is 1.86. The van der Waals surface area contributed by atoms with E-state index in [1.54, 1.807) is 6.20 Å². The SMILES string of the molecule is CC1CCCN(C(=O)C2CCN(Cn3cc(Cl)cn3)CC2)C1. The number of nitrogens with zero attached hydrogens (tertiary/aromatic N) is 4. The van der Waals surface area contributed by atoms with Crippen molar-refractivity contribution in [3.8, 4) is 0 Å². The molecule has 0 radical (unpaired) electrons. The zero-order chi connectivity index (χ0) is 15.5. The molecule has 3 rings (SSSR count). The van der Waals surface area contributed by atoms with E-state index in [0.29, 0.717) is 16.8 Å². The molecule has 3 heterocycles. The highest BCUT2D eigenvalue weighted by molar-refractivity contribution is 6.30. The first kappa shape index (κ1) is 15.8. The monoisotopic (exact) mass is 324 g/mol. The fourth-order valence-corrected chi connectivity index (χ4v) is 3.75. The molecular formula is C16H25ClN4O. The molecule has 1 amide bonds. The number of hydrogen-bond donors (Lipinski definition) is 0. The maximum atomic E-state index is 12.6. The number of piperidine rings is 2. The Morgan fingerprint density at radius 2 is 2.09 bits per heavy atom. The lowest BCUT2D eigenvalue weighted by Crippen LogP contribution is -2.46. The molecule has 0 bridgehead atoms. The minimum absolute atomic E-state index is 0.211. The quantitative estimate of drug-likeness (QED) is 0.857. The van der Waals surface area contributed by atoms with Crippen LogP contribution in [-0.4, -0.2) is 51.7 Å². The number of aromatic nitrogens is 2. The van der Waals surface area contributed by atoms with Crippen LogP contribution in [-0.2, 0) is 11.5 Å². The molecule has 6 heteroatoms. The van der Waals surface area contributed by atoms with E-state index in [1.807, 2.05) is 10.9 Å². The van der Waals surface area contributed by atoms with Crippen molar-refractivity contribution < 1.29 is 4.79 Å². The topological polar surface area (TPSA) is 41.4 Å². The summed E-state index contributed by atoms with van der Waals surface area (Å²) in [7, 11) is 0. The molecule has 2 aliphatic rings. The van der Waals surface area contributed by atoms with Crippen LogP contribution in [0.15, 0.2) is 12.4 Å². The van der Waals surface area contributed by atoms with Crippen LogP contribution in [0.2, 0.25) is 5.02 Å². The Balaban J connectivity index is 1.47. The number of likely N-dealkylation sites (tertiary alicyclic amines) is 2. The van der Waals surface area contributed by atoms with E-state index in [9.17, 15) is 4.79 Å². The van der Waals surface area contributed by atoms with Gasteiger partial charge in [-0.1, -0.05) is 18.5 Å². The Morgan fingerprint density at radius 1 is 1.32 bits per heavy atom. The maximum Gasteiger partial charge on any atom is 0.225 e. The van der Waals surface area contributed by atoms with Crippen molar-refractivity contribution in [1.29, 1.82) is 0 Å². The summed E-state index contributed by atoms with van der Waals surface area (Å²) in [5, 5.41) is 4.88. The van der Waals surface area contributed by atoms with Crippen LogP contribution in [0.4, 0.5) is 0 Å². The van der Waals surface area contributed by atoms with E-state index in [2.05, 4.69) is 21.8 Å². The molecule has 22 heavy (non-hydrogen) atoms. The van der Waals surface area contributed by atoms with Gasteiger partial charge in [-0.05, 0) is 31.6 Å². The molecule has 1 atom stereocenters. The van der Waals surface area contributed by atoms with Crippen LogP contribution in [0.25, 0.3) is 0 Å². The third kappa shape index (κ3) is 3.82. The summed E-state index contributed by atoms with van der Waals surface area (Å²) >= 11 is 5.89. The van der Waals surface area contributed by atoms with Gasteiger partial charge in [0.1, 0.15) is 0 Å². The molecule has 1 unspecified atom stereocenters. The Labute approximate surface area is 137 Å². The van der Waals surface area contributed by atoms with Crippen molar-refractivity contribution in [3.63, 3.8) is 0 Å². The molecule has 1 aromatic rings. The highest BCUT2D eigenvalue weighted by atomic mass is 35.5. The number of halogens is 1. The molecule has 2 aliphatic heterocycles. The summed E-state index contributed by atoms with van der Waals surface area (Å²) in [6.45, 7) is 6.82. The van der Waals surface area contributed by atoms with E-state index in [0.717, 1.165) is 52.1 Å². The van der Waals surface area contributed by atoms with Gasteiger partial charge in [-0.2, -0.15) is 5.10 Å². The molecule has 2 saturated heterocycles. The van der Waals surface area contributed by atoms with Crippen LogP contribution in [0.3, 0.4) is 0 Å². The zero-order valence-corrected chi connectivity index (χ0v) is 14.0. The van der Waals surface area contributed by atoms with Crippen LogP contribution in [0.1, 0.15) is 32.6 Å². The third-order valence-electron chi connectivity index (χ3n) is 4.85. The Hall–Kier alpha value is -1.07. The fourth-order valence-electron chi connectivity index (χ4n) is 3.59. The van der Waals surface area contributed by atoms with Gasteiger partial charge in [0, 0.05) is 38.3 Å². The molecule has 122 valence electrons. The van der Waals surface area contributed by atoms with Gasteiger partial charge in [0.05, 0.1) is 17.9 Å². The van der Waals surface area contributed by atoms with Gasteiger partial charge in [-0.3, -0.25) is 14.4 Å². The van der Waals surface area contributed by atoms with Crippen LogP contribution < -0.4 is 0 Å². The van der Waals surface area contributed by atoms with Gasteiger partial charge < -0.3 is 4.90 Å². The normalized spacial score (nSPS) is 24.6. The molecule has 0 N–H and O–H groups in total. The van der Waals surface area contributed by atoms with Crippen molar-refractivity contribution in [2.45, 2.75) is 39.3 Å². The van der Waals surface area contributed by atoms with Crippen molar-refractivity contribution in [2.75, 3.05) is 26.2 Å². The van der Waals surface area contributed by atoms with Gasteiger partial charge in [0.2, 0.25) is 5.91 Å². The summed E-state index contributed by atoms with van der Waals surface area (Å²) in [6.07, 6.45) is 7.83. The third-order valence-corrected chi connectivity index (χ3v) is 5.05. The fraction of sp³-hybridized carbons (Fsp3) is 0.750. The minimum Gasteiger partial charge on any atom is -0.342 e. The average Bonchev–Trinajstić information content (AvgIpc) is 2.92. The lowest BCUT2D eigenvalue weighted by molar-refractivity contribution is -0.139. The van der Waals surface area contributed by atoms with E-state index in [-0.39, 0.29) is 5.92 Å². The Bertz CT molecular complexity index is 510. The molecule has 0 aliphatic carbocycles. The number of carbonyl (C=O) groups excluding carboxylic acids is 1. The smallest absolute Gasteiger partial charge is 0.225 e. The first-order valence-corrected chi connectivity index (χ1v) is 8.68. The second-order valence-electron chi connectivity index (χ2n) is 6.76. The predicted octanol–water partition coefficient (Wildman–Crippen LogP) is 2.46. The summed E-state index contributed by atoms with van der Waals surface area (Å²) in [6, 6.07) is 0. The van der Waals surface area contributed by atoms with Crippen molar-refractivity contribution in [3.05, 3.63) is 17.4 Å². The highest BCUT2D eigenvalue weighted by Gasteiger charge is 2.30. The standard InChI is InChI=1S/C16H25ClN4O/c1-13-3-2-6-20(10-13)16(22)14-4-7-19(8-5-14)12-21-11-15(17)9-18-21/h9,11,13-14H,2-8,10,12H2,1H3. The lowest BCUT2D eigenvalue weighted by atomic mass is 9.93. The number of hydrogen-bond acceptors (Lipinski definition) is 3. The lowest BCUT2D eigenvalue weighted by Gasteiger charge is -2.37. The van der Waals surface area contributed by atoms with Crippen LogP contribution in [0, 0.1) is 11.8 Å². The average molecular weight is 325 g/mol. The summed E-state index contributed by atoms with van der Waals surface area (Å²) in [4.78, 5) is 17.1. The number of rotatable bonds is 3. The van der Waals surface area contributed by atoms with Crippen molar-refractivity contribution >= 4 is 17.5 Å². The Morgan fingerprint density at radius 3 is 2.73 bits per heavy atom. The molecule has 2 fully saturated rings. The second-order valence-corrected chi connectivity index (χ2v) is 7.20. The van der Waals surface area contributed by atoms with Gasteiger partial charge in [-0.25, -0.2) is 0 Å². The number of amides is 1. The Kier molecular flexibility index (Phi) is 5.03. The number of carbonyl (C=O) groups is 1. The van der Waals surface area contributed by atoms with Gasteiger partial charge in [0.25, 0.3) is 0 Å². The van der Waals surface area contributed by atoms with Crippen LogP contribution >= 0.6 is 11.6 Å². The predicted molar refractivity (Wildman–Crippen MR) is 86.5 cm³/mol. The molecule has 0 spiro atoms. The van der Waals surface area contributed by atoms with Gasteiger partial charge in [0.15, 0.2) is 0 Å². The highest BCUT2D eigenvalue weighted by Crippen LogP contribution is 2.23. The summed E-state index contributed by atoms with van der Waals surface area (Å²) in [5.41, 5.74) is 0. The van der Waals surface area contributed by atoms with E-state index in [1.165, 1.54) is 6.42 Å². The molecule has 1 aromatic heterocycles. The van der Waals surface area contributed by atoms with Gasteiger partial charge in [-0.15, -0.1) is 0 Å².